The molecule has 0 aliphatic carbocycles. The van der Waals surface area contributed by atoms with E-state index in [0.29, 0.717) is 11.3 Å². The number of nitrogens with one attached hydrogen (secondary N) is 1. The molecule has 1 N–H and O–H groups in total. The SMILES string of the molecule is CC1(CNCC(C)(C)S(C)(=O)=O)CCCS1. The topological polar surface area (TPSA) is 46.2 Å². The molecule has 96 valence electrons. The highest BCUT2D eigenvalue weighted by atomic mass is 32.2. The first-order valence-corrected chi connectivity index (χ1v) is 8.58. The van der Waals surface area contributed by atoms with Gasteiger partial charge in [-0.25, -0.2) is 8.42 Å². The summed E-state index contributed by atoms with van der Waals surface area (Å²) in [5.41, 5.74) is 0. The molecule has 1 heterocycles. The first kappa shape index (κ1) is 14.3. The average Bonchev–Trinajstić information content (AvgIpc) is 2.50. The highest BCUT2D eigenvalue weighted by molar-refractivity contribution is 8.00. The van der Waals surface area contributed by atoms with Gasteiger partial charge in [0, 0.05) is 24.1 Å². The van der Waals surface area contributed by atoms with Gasteiger partial charge in [-0.2, -0.15) is 11.8 Å². The average molecular weight is 265 g/mol. The van der Waals surface area contributed by atoms with Gasteiger partial charge in [-0.05, 0) is 39.4 Å². The Morgan fingerprint density at radius 1 is 1.44 bits per heavy atom. The molecule has 1 aliphatic heterocycles. The van der Waals surface area contributed by atoms with Crippen LogP contribution in [0.25, 0.3) is 0 Å². The summed E-state index contributed by atoms with van der Waals surface area (Å²) >= 11 is 1.99. The summed E-state index contributed by atoms with van der Waals surface area (Å²) in [6, 6.07) is 0. The molecule has 1 saturated heterocycles. The minimum atomic E-state index is -2.99. The molecule has 16 heavy (non-hydrogen) atoms. The Morgan fingerprint density at radius 3 is 2.50 bits per heavy atom. The van der Waals surface area contributed by atoms with E-state index in [-0.39, 0.29) is 0 Å². The van der Waals surface area contributed by atoms with Crippen LogP contribution in [0.3, 0.4) is 0 Å². The lowest BCUT2D eigenvalue weighted by molar-refractivity contribution is 0.487. The third-order valence-corrected chi connectivity index (χ3v) is 7.04. The molecule has 0 bridgehead atoms. The van der Waals surface area contributed by atoms with E-state index in [2.05, 4.69) is 12.2 Å². The van der Waals surface area contributed by atoms with E-state index in [4.69, 9.17) is 0 Å². The predicted molar refractivity (Wildman–Crippen MR) is 71.9 cm³/mol. The smallest absolute Gasteiger partial charge is 0.153 e. The van der Waals surface area contributed by atoms with Crippen LogP contribution in [0.5, 0.6) is 0 Å². The summed E-state index contributed by atoms with van der Waals surface area (Å²) in [6.45, 7) is 7.24. The summed E-state index contributed by atoms with van der Waals surface area (Å²) in [4.78, 5) is 0. The fourth-order valence-electron chi connectivity index (χ4n) is 1.74. The van der Waals surface area contributed by atoms with E-state index < -0.39 is 14.6 Å². The van der Waals surface area contributed by atoms with Crippen LogP contribution in [0.1, 0.15) is 33.6 Å². The highest BCUT2D eigenvalue weighted by Gasteiger charge is 2.33. The number of rotatable bonds is 5. The zero-order chi connectivity index (χ0) is 12.4. The van der Waals surface area contributed by atoms with Crippen molar-refractivity contribution in [1.29, 1.82) is 0 Å². The Labute approximate surface area is 104 Å². The summed E-state index contributed by atoms with van der Waals surface area (Å²) in [6.07, 6.45) is 3.81. The predicted octanol–water partition coefficient (Wildman–Crippen LogP) is 1.68. The quantitative estimate of drug-likeness (QED) is 0.821. The molecule has 0 aromatic heterocycles. The molecular weight excluding hydrogens is 242 g/mol. The number of hydrogen-bond acceptors (Lipinski definition) is 4. The van der Waals surface area contributed by atoms with Crippen molar-refractivity contribution in [2.75, 3.05) is 25.1 Å². The van der Waals surface area contributed by atoms with E-state index in [0.717, 1.165) is 6.54 Å². The van der Waals surface area contributed by atoms with Crippen LogP contribution in [0, 0.1) is 0 Å². The molecule has 1 unspecified atom stereocenters. The van der Waals surface area contributed by atoms with Crippen LogP contribution in [-0.4, -0.2) is 43.0 Å². The van der Waals surface area contributed by atoms with E-state index in [1.165, 1.54) is 24.9 Å². The lowest BCUT2D eigenvalue weighted by Gasteiger charge is -2.27. The summed E-state index contributed by atoms with van der Waals surface area (Å²) in [5, 5.41) is 3.31. The number of sulfone groups is 1. The van der Waals surface area contributed by atoms with Crippen molar-refractivity contribution < 1.29 is 8.42 Å². The van der Waals surface area contributed by atoms with E-state index in [1.807, 2.05) is 11.8 Å². The van der Waals surface area contributed by atoms with Crippen LogP contribution in [0.2, 0.25) is 0 Å². The van der Waals surface area contributed by atoms with Gasteiger partial charge in [0.25, 0.3) is 0 Å². The molecule has 1 fully saturated rings. The van der Waals surface area contributed by atoms with Gasteiger partial charge in [-0.3, -0.25) is 0 Å². The van der Waals surface area contributed by atoms with Crippen LogP contribution < -0.4 is 5.32 Å². The largest absolute Gasteiger partial charge is 0.314 e. The van der Waals surface area contributed by atoms with Crippen molar-refractivity contribution in [3.63, 3.8) is 0 Å². The fourth-order valence-corrected chi connectivity index (χ4v) is 3.37. The minimum absolute atomic E-state index is 0.299. The van der Waals surface area contributed by atoms with Crippen molar-refractivity contribution in [3.8, 4) is 0 Å². The van der Waals surface area contributed by atoms with Gasteiger partial charge in [-0.1, -0.05) is 0 Å². The van der Waals surface area contributed by atoms with Gasteiger partial charge in [0.2, 0.25) is 0 Å². The second kappa shape index (κ2) is 4.86. The maximum Gasteiger partial charge on any atom is 0.153 e. The molecule has 0 aromatic rings. The normalized spacial score (nSPS) is 27.2. The summed E-state index contributed by atoms with van der Waals surface area (Å²) in [7, 11) is -2.99. The first-order valence-electron chi connectivity index (χ1n) is 5.71. The molecule has 1 aliphatic rings. The molecule has 3 nitrogen and oxygen atoms in total. The Morgan fingerprint density at radius 2 is 2.06 bits per heavy atom. The van der Waals surface area contributed by atoms with Crippen molar-refractivity contribution >= 4 is 21.6 Å². The van der Waals surface area contributed by atoms with Gasteiger partial charge in [0.15, 0.2) is 9.84 Å². The van der Waals surface area contributed by atoms with Gasteiger partial charge >= 0.3 is 0 Å². The van der Waals surface area contributed by atoms with Gasteiger partial charge < -0.3 is 5.32 Å². The Kier molecular flexibility index (Phi) is 4.35. The standard InChI is InChI=1S/C11H23NO2S2/c1-10(2,16(4,13)14)8-12-9-11(3)6-5-7-15-11/h12H,5-9H2,1-4H3. The molecule has 0 saturated carbocycles. The molecule has 1 atom stereocenters. The van der Waals surface area contributed by atoms with E-state index in [9.17, 15) is 8.42 Å². The van der Waals surface area contributed by atoms with E-state index in [1.54, 1.807) is 13.8 Å². The number of thioether (sulfide) groups is 1. The Bertz CT molecular complexity index is 330. The lowest BCUT2D eigenvalue weighted by Crippen LogP contribution is -2.45. The van der Waals surface area contributed by atoms with Gasteiger partial charge in [-0.15, -0.1) is 0 Å². The van der Waals surface area contributed by atoms with Crippen LogP contribution in [-0.2, 0) is 9.84 Å². The highest BCUT2D eigenvalue weighted by Crippen LogP contribution is 2.37. The molecule has 5 heteroatoms. The lowest BCUT2D eigenvalue weighted by atomic mass is 10.1. The second-order valence-corrected chi connectivity index (χ2v) is 9.87. The van der Waals surface area contributed by atoms with Crippen LogP contribution >= 0.6 is 11.8 Å². The van der Waals surface area contributed by atoms with Crippen molar-refractivity contribution in [2.45, 2.75) is 43.1 Å². The molecule has 0 radical (unpaired) electrons. The summed E-state index contributed by atoms with van der Waals surface area (Å²) < 4.78 is 22.7. The zero-order valence-corrected chi connectivity index (χ0v) is 12.3. The maximum atomic E-state index is 11.5. The van der Waals surface area contributed by atoms with E-state index >= 15 is 0 Å². The Hall–Kier alpha value is 0.260. The minimum Gasteiger partial charge on any atom is -0.314 e. The fraction of sp³-hybridized carbons (Fsp3) is 1.00. The maximum absolute atomic E-state index is 11.5. The third-order valence-electron chi connectivity index (χ3n) is 3.35. The van der Waals surface area contributed by atoms with Crippen LogP contribution in [0.15, 0.2) is 0 Å². The molecule has 0 aromatic carbocycles. The van der Waals surface area contributed by atoms with Crippen LogP contribution in [0.4, 0.5) is 0 Å². The van der Waals surface area contributed by atoms with Crippen molar-refractivity contribution in [2.24, 2.45) is 0 Å². The van der Waals surface area contributed by atoms with Gasteiger partial charge in [0.1, 0.15) is 0 Å². The van der Waals surface area contributed by atoms with Crippen molar-refractivity contribution in [1.82, 2.24) is 5.32 Å². The molecular formula is C11H23NO2S2. The molecule has 1 rings (SSSR count). The second-order valence-electron chi connectivity index (χ2n) is 5.54. The Balaban J connectivity index is 2.41. The van der Waals surface area contributed by atoms with Crippen molar-refractivity contribution in [3.05, 3.63) is 0 Å². The summed E-state index contributed by atoms with van der Waals surface area (Å²) in [5.74, 6) is 1.23. The third kappa shape index (κ3) is 3.64. The molecule has 0 amide bonds. The number of hydrogen-bond donors (Lipinski definition) is 1. The first-order chi connectivity index (χ1) is 7.16. The molecule has 0 spiro atoms. The zero-order valence-electron chi connectivity index (χ0n) is 10.7. The monoisotopic (exact) mass is 265 g/mol. The van der Waals surface area contributed by atoms with Gasteiger partial charge in [0.05, 0.1) is 4.75 Å².